The molecule has 0 aliphatic heterocycles. The molecule has 0 saturated heterocycles. The van der Waals surface area contributed by atoms with Gasteiger partial charge >= 0.3 is 0 Å². The van der Waals surface area contributed by atoms with Crippen molar-refractivity contribution in [3.05, 3.63) is 41.7 Å². The number of nitrogens with one attached hydrogen (secondary N) is 1. The van der Waals surface area contributed by atoms with Gasteiger partial charge < -0.3 is 15.8 Å². The molecule has 21 heavy (non-hydrogen) atoms. The minimum Gasteiger partial charge on any atom is -0.479 e. The molecule has 110 valence electrons. The maximum absolute atomic E-state index is 6.05. The van der Waals surface area contributed by atoms with Crippen LogP contribution in [0.3, 0.4) is 0 Å². The van der Waals surface area contributed by atoms with E-state index >= 15 is 0 Å². The van der Waals surface area contributed by atoms with Gasteiger partial charge in [0.15, 0.2) is 5.82 Å². The predicted octanol–water partition coefficient (Wildman–Crippen LogP) is 2.60. The monoisotopic (exact) mass is 284 g/mol. The second-order valence-corrected chi connectivity index (χ2v) is 5.29. The minimum atomic E-state index is 0.467. The van der Waals surface area contributed by atoms with E-state index in [0.717, 1.165) is 31.6 Å². The molecular formula is C16H20N4O. The van der Waals surface area contributed by atoms with Crippen LogP contribution < -0.4 is 15.8 Å². The quantitative estimate of drug-likeness (QED) is 0.853. The molecule has 0 amide bonds. The summed E-state index contributed by atoms with van der Waals surface area (Å²) in [5.41, 5.74) is 7.82. The highest BCUT2D eigenvalue weighted by molar-refractivity contribution is 5.67. The highest BCUT2D eigenvalue weighted by Crippen LogP contribution is 2.40. The summed E-state index contributed by atoms with van der Waals surface area (Å²) in [6.07, 6.45) is 3.22. The summed E-state index contributed by atoms with van der Waals surface area (Å²) in [5.74, 6) is 2.45. The zero-order chi connectivity index (χ0) is 14.7. The molecule has 5 nitrogen and oxygen atoms in total. The van der Waals surface area contributed by atoms with Crippen LogP contribution in [0.4, 0.5) is 11.5 Å². The van der Waals surface area contributed by atoms with Crippen molar-refractivity contribution in [1.82, 2.24) is 9.97 Å². The third kappa shape index (κ3) is 3.24. The fraction of sp³-hybridized carbons (Fsp3) is 0.375. The number of methoxy groups -OCH3 is 1. The van der Waals surface area contributed by atoms with Crippen LogP contribution in [0, 0.1) is 0 Å². The first-order valence-electron chi connectivity index (χ1n) is 7.27. The number of hydrogen-bond donors (Lipinski definition) is 2. The first-order valence-corrected chi connectivity index (χ1v) is 7.27. The van der Waals surface area contributed by atoms with E-state index in [-0.39, 0.29) is 0 Å². The van der Waals surface area contributed by atoms with E-state index in [2.05, 4.69) is 27.4 Å². The molecule has 1 aromatic carbocycles. The molecule has 5 heteroatoms. The van der Waals surface area contributed by atoms with Crippen molar-refractivity contribution < 1.29 is 4.74 Å². The standard InChI is InChI=1S/C16H20N4O/c1-21-16-13(17)15(19-14(20-16)12-7-8-12)18-10-9-11-5-3-2-4-6-11/h2-6,12H,7-10,17H2,1H3,(H,18,19,20). The van der Waals surface area contributed by atoms with Crippen LogP contribution in [-0.4, -0.2) is 23.6 Å². The highest BCUT2D eigenvalue weighted by atomic mass is 16.5. The van der Waals surface area contributed by atoms with Crippen LogP contribution >= 0.6 is 0 Å². The van der Waals surface area contributed by atoms with E-state index in [0.29, 0.717) is 23.3 Å². The molecular weight excluding hydrogens is 264 g/mol. The zero-order valence-corrected chi connectivity index (χ0v) is 12.2. The lowest BCUT2D eigenvalue weighted by Crippen LogP contribution is -2.12. The number of aromatic nitrogens is 2. The summed E-state index contributed by atoms with van der Waals surface area (Å²) in [7, 11) is 1.59. The number of anilines is 2. The first kappa shape index (κ1) is 13.7. The predicted molar refractivity (Wildman–Crippen MR) is 83.6 cm³/mol. The van der Waals surface area contributed by atoms with Crippen LogP contribution in [0.15, 0.2) is 30.3 Å². The number of rotatable bonds is 6. The number of benzene rings is 1. The normalized spacial score (nSPS) is 14.0. The smallest absolute Gasteiger partial charge is 0.242 e. The molecule has 1 fully saturated rings. The molecule has 3 rings (SSSR count). The summed E-state index contributed by atoms with van der Waals surface area (Å²) < 4.78 is 5.25. The number of nitrogens with zero attached hydrogens (tertiary/aromatic N) is 2. The van der Waals surface area contributed by atoms with Crippen LogP contribution in [-0.2, 0) is 6.42 Å². The Morgan fingerprint density at radius 3 is 2.67 bits per heavy atom. The molecule has 1 aliphatic rings. The van der Waals surface area contributed by atoms with Crippen molar-refractivity contribution in [2.45, 2.75) is 25.2 Å². The van der Waals surface area contributed by atoms with Crippen molar-refractivity contribution in [2.75, 3.05) is 24.7 Å². The number of ether oxygens (including phenoxy) is 1. The van der Waals surface area contributed by atoms with Gasteiger partial charge in [-0.1, -0.05) is 30.3 Å². The fourth-order valence-electron chi connectivity index (χ4n) is 2.25. The number of nitrogens with two attached hydrogens (primary N) is 1. The topological polar surface area (TPSA) is 73.1 Å². The van der Waals surface area contributed by atoms with Gasteiger partial charge in [0.1, 0.15) is 11.5 Å². The Balaban J connectivity index is 1.70. The lowest BCUT2D eigenvalue weighted by atomic mass is 10.1. The van der Waals surface area contributed by atoms with Crippen molar-refractivity contribution >= 4 is 11.5 Å². The summed E-state index contributed by atoms with van der Waals surface area (Å²) in [4.78, 5) is 8.93. The molecule has 3 N–H and O–H groups in total. The van der Waals surface area contributed by atoms with Crippen LogP contribution in [0.1, 0.15) is 30.1 Å². The van der Waals surface area contributed by atoms with Crippen molar-refractivity contribution in [1.29, 1.82) is 0 Å². The molecule has 1 aromatic heterocycles. The van der Waals surface area contributed by atoms with Gasteiger partial charge in [-0.05, 0) is 24.8 Å². The summed E-state index contributed by atoms with van der Waals surface area (Å²) in [5, 5.41) is 3.30. The third-order valence-electron chi connectivity index (χ3n) is 3.61. The number of nitrogen functional groups attached to an aromatic ring is 1. The molecule has 1 saturated carbocycles. The van der Waals surface area contributed by atoms with Crippen LogP contribution in [0.2, 0.25) is 0 Å². The minimum absolute atomic E-state index is 0.467. The van der Waals surface area contributed by atoms with Crippen molar-refractivity contribution in [3.63, 3.8) is 0 Å². The molecule has 1 aliphatic carbocycles. The second-order valence-electron chi connectivity index (χ2n) is 5.29. The lowest BCUT2D eigenvalue weighted by molar-refractivity contribution is 0.397. The summed E-state index contributed by atoms with van der Waals surface area (Å²) >= 11 is 0. The molecule has 0 unspecified atom stereocenters. The Bertz CT molecular complexity index is 611. The van der Waals surface area contributed by atoms with Gasteiger partial charge in [-0.3, -0.25) is 0 Å². The Morgan fingerprint density at radius 2 is 2.00 bits per heavy atom. The van der Waals surface area contributed by atoms with E-state index in [4.69, 9.17) is 10.5 Å². The summed E-state index contributed by atoms with van der Waals surface area (Å²) in [6.45, 7) is 0.776. The van der Waals surface area contributed by atoms with Gasteiger partial charge in [-0.15, -0.1) is 0 Å². The van der Waals surface area contributed by atoms with Crippen molar-refractivity contribution in [3.8, 4) is 5.88 Å². The highest BCUT2D eigenvalue weighted by Gasteiger charge is 2.28. The molecule has 1 heterocycles. The van der Waals surface area contributed by atoms with Gasteiger partial charge in [0.05, 0.1) is 7.11 Å². The average molecular weight is 284 g/mol. The van der Waals surface area contributed by atoms with Crippen LogP contribution in [0.25, 0.3) is 0 Å². The number of hydrogen-bond acceptors (Lipinski definition) is 5. The maximum Gasteiger partial charge on any atom is 0.242 e. The Morgan fingerprint density at radius 1 is 1.24 bits per heavy atom. The van der Waals surface area contributed by atoms with Gasteiger partial charge in [0.25, 0.3) is 0 Å². The van der Waals surface area contributed by atoms with E-state index < -0.39 is 0 Å². The maximum atomic E-state index is 6.05. The first-order chi connectivity index (χ1) is 10.3. The zero-order valence-electron chi connectivity index (χ0n) is 12.2. The molecule has 0 atom stereocenters. The second kappa shape index (κ2) is 5.99. The Hall–Kier alpha value is -2.30. The molecule has 2 aromatic rings. The molecule has 0 spiro atoms. The Labute approximate surface area is 124 Å². The SMILES string of the molecule is COc1nc(C2CC2)nc(NCCc2ccccc2)c1N. The third-order valence-corrected chi connectivity index (χ3v) is 3.61. The fourth-order valence-corrected chi connectivity index (χ4v) is 2.25. The molecule has 0 bridgehead atoms. The van der Waals surface area contributed by atoms with E-state index in [1.54, 1.807) is 7.11 Å². The van der Waals surface area contributed by atoms with E-state index in [1.807, 2.05) is 18.2 Å². The van der Waals surface area contributed by atoms with Gasteiger partial charge in [0, 0.05) is 12.5 Å². The van der Waals surface area contributed by atoms with Gasteiger partial charge in [-0.25, -0.2) is 4.98 Å². The average Bonchev–Trinajstić information content (AvgIpc) is 3.35. The summed E-state index contributed by atoms with van der Waals surface area (Å²) in [6, 6.07) is 10.3. The van der Waals surface area contributed by atoms with E-state index in [9.17, 15) is 0 Å². The largest absolute Gasteiger partial charge is 0.479 e. The van der Waals surface area contributed by atoms with Gasteiger partial charge in [0.2, 0.25) is 5.88 Å². The Kier molecular flexibility index (Phi) is 3.90. The lowest BCUT2D eigenvalue weighted by Gasteiger charge is -2.12. The molecule has 0 radical (unpaired) electrons. The van der Waals surface area contributed by atoms with Crippen molar-refractivity contribution in [2.24, 2.45) is 0 Å². The van der Waals surface area contributed by atoms with E-state index in [1.165, 1.54) is 5.56 Å². The van der Waals surface area contributed by atoms with Gasteiger partial charge in [-0.2, -0.15) is 4.98 Å². The van der Waals surface area contributed by atoms with Crippen LogP contribution in [0.5, 0.6) is 5.88 Å².